The molecule has 0 saturated carbocycles. The SMILES string of the molecule is CC(C)(C)c1ccc(O)c(NC(=O)[C@H]2CC(=O)N(Cc3ccccn3)C2)c1. The molecule has 1 aromatic carbocycles. The summed E-state index contributed by atoms with van der Waals surface area (Å²) < 4.78 is 0. The number of hydrogen-bond acceptors (Lipinski definition) is 4. The second kappa shape index (κ2) is 7.39. The number of benzene rings is 1. The van der Waals surface area contributed by atoms with Crippen molar-refractivity contribution in [3.05, 3.63) is 53.9 Å². The van der Waals surface area contributed by atoms with Crippen molar-refractivity contribution in [2.75, 3.05) is 11.9 Å². The summed E-state index contributed by atoms with van der Waals surface area (Å²) in [6.45, 7) is 6.94. The second-order valence-corrected chi connectivity index (χ2v) is 7.97. The summed E-state index contributed by atoms with van der Waals surface area (Å²) in [4.78, 5) is 30.8. The number of carbonyl (C=O) groups is 2. The summed E-state index contributed by atoms with van der Waals surface area (Å²) in [5.41, 5.74) is 2.08. The van der Waals surface area contributed by atoms with Crippen LogP contribution in [0.25, 0.3) is 0 Å². The second-order valence-electron chi connectivity index (χ2n) is 7.97. The fraction of sp³-hybridized carbons (Fsp3) is 0.381. The summed E-state index contributed by atoms with van der Waals surface area (Å²) in [7, 11) is 0. The van der Waals surface area contributed by atoms with Crippen LogP contribution in [-0.2, 0) is 21.5 Å². The van der Waals surface area contributed by atoms with Crippen LogP contribution in [0.15, 0.2) is 42.6 Å². The summed E-state index contributed by atoms with van der Waals surface area (Å²) in [6.07, 6.45) is 1.85. The van der Waals surface area contributed by atoms with E-state index in [1.165, 1.54) is 0 Å². The van der Waals surface area contributed by atoms with Gasteiger partial charge < -0.3 is 15.3 Å². The van der Waals surface area contributed by atoms with Crippen molar-refractivity contribution in [2.45, 2.75) is 39.2 Å². The van der Waals surface area contributed by atoms with E-state index in [1.807, 2.05) is 24.3 Å². The number of amides is 2. The van der Waals surface area contributed by atoms with Crippen molar-refractivity contribution in [1.29, 1.82) is 0 Å². The van der Waals surface area contributed by atoms with E-state index < -0.39 is 5.92 Å². The van der Waals surface area contributed by atoms with Gasteiger partial charge in [0.1, 0.15) is 5.75 Å². The Kier molecular flexibility index (Phi) is 5.17. The maximum atomic E-state index is 12.7. The number of rotatable bonds is 4. The van der Waals surface area contributed by atoms with Crippen LogP contribution in [0.1, 0.15) is 38.4 Å². The monoisotopic (exact) mass is 367 g/mol. The number of aromatic hydroxyl groups is 1. The minimum Gasteiger partial charge on any atom is -0.506 e. The first-order chi connectivity index (χ1) is 12.7. The highest BCUT2D eigenvalue weighted by Crippen LogP contribution is 2.31. The van der Waals surface area contributed by atoms with Crippen LogP contribution in [0.4, 0.5) is 5.69 Å². The maximum absolute atomic E-state index is 12.7. The molecule has 142 valence electrons. The molecule has 27 heavy (non-hydrogen) atoms. The van der Waals surface area contributed by atoms with Crippen LogP contribution in [0, 0.1) is 5.92 Å². The Labute approximate surface area is 159 Å². The van der Waals surface area contributed by atoms with E-state index in [1.54, 1.807) is 23.2 Å². The summed E-state index contributed by atoms with van der Waals surface area (Å²) >= 11 is 0. The third kappa shape index (κ3) is 4.45. The quantitative estimate of drug-likeness (QED) is 0.814. The summed E-state index contributed by atoms with van der Waals surface area (Å²) in [5.74, 6) is -0.744. The summed E-state index contributed by atoms with van der Waals surface area (Å²) in [5, 5.41) is 12.9. The van der Waals surface area contributed by atoms with E-state index in [4.69, 9.17) is 0 Å². The van der Waals surface area contributed by atoms with Crippen LogP contribution >= 0.6 is 0 Å². The molecule has 0 aliphatic carbocycles. The topological polar surface area (TPSA) is 82.5 Å². The van der Waals surface area contributed by atoms with E-state index in [0.29, 0.717) is 18.8 Å². The lowest BCUT2D eigenvalue weighted by molar-refractivity contribution is -0.128. The van der Waals surface area contributed by atoms with Gasteiger partial charge in [-0.05, 0) is 35.2 Å². The van der Waals surface area contributed by atoms with Gasteiger partial charge in [-0.3, -0.25) is 14.6 Å². The number of aromatic nitrogens is 1. The zero-order chi connectivity index (χ0) is 19.6. The van der Waals surface area contributed by atoms with Gasteiger partial charge in [0.15, 0.2) is 0 Å². The molecule has 0 radical (unpaired) electrons. The fourth-order valence-electron chi connectivity index (χ4n) is 3.13. The molecule has 1 aromatic heterocycles. The zero-order valence-corrected chi connectivity index (χ0v) is 15.9. The van der Waals surface area contributed by atoms with Crippen LogP contribution in [-0.4, -0.2) is 33.3 Å². The molecule has 2 amide bonds. The van der Waals surface area contributed by atoms with Crippen molar-refractivity contribution in [3.8, 4) is 5.75 Å². The third-order valence-electron chi connectivity index (χ3n) is 4.78. The predicted octanol–water partition coefficient (Wildman–Crippen LogP) is 3.07. The van der Waals surface area contributed by atoms with Crippen LogP contribution in [0.3, 0.4) is 0 Å². The van der Waals surface area contributed by atoms with E-state index >= 15 is 0 Å². The molecule has 0 bridgehead atoms. The van der Waals surface area contributed by atoms with Gasteiger partial charge in [0.2, 0.25) is 11.8 Å². The Morgan fingerprint density at radius 2 is 2.07 bits per heavy atom. The molecule has 1 saturated heterocycles. The minimum absolute atomic E-state index is 0.0195. The zero-order valence-electron chi connectivity index (χ0n) is 15.9. The number of hydrogen-bond donors (Lipinski definition) is 2. The van der Waals surface area contributed by atoms with Crippen molar-refractivity contribution < 1.29 is 14.7 Å². The van der Waals surface area contributed by atoms with E-state index in [2.05, 4.69) is 31.1 Å². The van der Waals surface area contributed by atoms with Gasteiger partial charge in [-0.2, -0.15) is 0 Å². The molecule has 3 rings (SSSR count). The number of carbonyl (C=O) groups excluding carboxylic acids is 2. The first kappa shape index (κ1) is 18.9. The Morgan fingerprint density at radius 1 is 1.30 bits per heavy atom. The molecule has 0 unspecified atom stereocenters. The number of phenols is 1. The van der Waals surface area contributed by atoms with E-state index in [0.717, 1.165) is 11.3 Å². The number of anilines is 1. The average Bonchev–Trinajstić information content (AvgIpc) is 2.97. The van der Waals surface area contributed by atoms with Crippen molar-refractivity contribution in [1.82, 2.24) is 9.88 Å². The highest BCUT2D eigenvalue weighted by atomic mass is 16.3. The normalized spacial score (nSPS) is 17.2. The lowest BCUT2D eigenvalue weighted by atomic mass is 9.87. The molecule has 2 heterocycles. The van der Waals surface area contributed by atoms with Crippen molar-refractivity contribution in [3.63, 3.8) is 0 Å². The van der Waals surface area contributed by atoms with Crippen LogP contribution in [0.2, 0.25) is 0 Å². The molecule has 6 nitrogen and oxygen atoms in total. The van der Waals surface area contributed by atoms with Crippen LogP contribution < -0.4 is 5.32 Å². The third-order valence-corrected chi connectivity index (χ3v) is 4.78. The number of nitrogens with one attached hydrogen (secondary N) is 1. The highest BCUT2D eigenvalue weighted by Gasteiger charge is 2.34. The van der Waals surface area contributed by atoms with Gasteiger partial charge in [0.05, 0.1) is 23.8 Å². The molecule has 0 spiro atoms. The van der Waals surface area contributed by atoms with E-state index in [-0.39, 0.29) is 29.4 Å². The molecule has 1 aliphatic heterocycles. The highest BCUT2D eigenvalue weighted by molar-refractivity contribution is 5.98. The Hall–Kier alpha value is -2.89. The molecular formula is C21H25N3O3. The number of pyridine rings is 1. The average molecular weight is 367 g/mol. The van der Waals surface area contributed by atoms with Gasteiger partial charge in [-0.1, -0.05) is 32.9 Å². The lowest BCUT2D eigenvalue weighted by Gasteiger charge is -2.21. The molecule has 1 atom stereocenters. The Balaban J connectivity index is 1.68. The molecule has 1 aliphatic rings. The smallest absolute Gasteiger partial charge is 0.229 e. The minimum atomic E-state index is -0.445. The number of phenolic OH excluding ortho intramolecular Hbond substituents is 1. The maximum Gasteiger partial charge on any atom is 0.229 e. The van der Waals surface area contributed by atoms with Gasteiger partial charge >= 0.3 is 0 Å². The Bertz CT molecular complexity index is 843. The summed E-state index contributed by atoms with van der Waals surface area (Å²) in [6, 6.07) is 10.8. The largest absolute Gasteiger partial charge is 0.506 e. The molecule has 2 N–H and O–H groups in total. The van der Waals surface area contributed by atoms with Gasteiger partial charge in [-0.25, -0.2) is 0 Å². The standard InChI is InChI=1S/C21H25N3O3/c1-21(2,3)15-7-8-18(25)17(11-15)23-20(27)14-10-19(26)24(12-14)13-16-6-4-5-9-22-16/h4-9,11,14,25H,10,12-13H2,1-3H3,(H,23,27)/t14-/m0/s1. The first-order valence-corrected chi connectivity index (χ1v) is 9.06. The van der Waals surface area contributed by atoms with Crippen molar-refractivity contribution in [2.24, 2.45) is 5.92 Å². The van der Waals surface area contributed by atoms with Crippen molar-refractivity contribution >= 4 is 17.5 Å². The molecule has 2 aromatic rings. The van der Waals surface area contributed by atoms with Gasteiger partial charge in [-0.15, -0.1) is 0 Å². The van der Waals surface area contributed by atoms with E-state index in [9.17, 15) is 14.7 Å². The Morgan fingerprint density at radius 3 is 2.74 bits per heavy atom. The molecule has 1 fully saturated rings. The number of nitrogens with zero attached hydrogens (tertiary/aromatic N) is 2. The first-order valence-electron chi connectivity index (χ1n) is 9.06. The molecular weight excluding hydrogens is 342 g/mol. The molecule has 6 heteroatoms. The predicted molar refractivity (Wildman–Crippen MR) is 103 cm³/mol. The van der Waals surface area contributed by atoms with Gasteiger partial charge in [0, 0.05) is 19.2 Å². The van der Waals surface area contributed by atoms with Gasteiger partial charge in [0.25, 0.3) is 0 Å². The fourth-order valence-corrected chi connectivity index (χ4v) is 3.13. The lowest BCUT2D eigenvalue weighted by Crippen LogP contribution is -2.28. The van der Waals surface area contributed by atoms with Crippen LogP contribution in [0.5, 0.6) is 5.75 Å². The number of likely N-dealkylation sites (tertiary alicyclic amines) is 1.